The van der Waals surface area contributed by atoms with Gasteiger partial charge in [0.15, 0.2) is 6.29 Å². The highest BCUT2D eigenvalue weighted by Crippen LogP contribution is 2.18. The summed E-state index contributed by atoms with van der Waals surface area (Å²) in [4.78, 5) is 22.9. The number of hydrogen-bond donors (Lipinski definition) is 1. The van der Waals surface area contributed by atoms with Crippen molar-refractivity contribution in [2.45, 2.75) is 32.5 Å². The fraction of sp³-hybridized carbons (Fsp3) is 0.444. The molecule has 0 saturated carbocycles. The highest BCUT2D eigenvalue weighted by atomic mass is 16.7. The average Bonchev–Trinajstić information content (AvgIpc) is 2.59. The maximum absolute atomic E-state index is 11.6. The van der Waals surface area contributed by atoms with Crippen LogP contribution in [-0.4, -0.2) is 38.5 Å². The van der Waals surface area contributed by atoms with E-state index >= 15 is 0 Å². The van der Waals surface area contributed by atoms with Crippen LogP contribution >= 0.6 is 0 Å². The van der Waals surface area contributed by atoms with Crippen molar-refractivity contribution in [1.29, 1.82) is 0 Å². The van der Waals surface area contributed by atoms with Crippen LogP contribution in [0.25, 0.3) is 0 Å². The summed E-state index contributed by atoms with van der Waals surface area (Å²) in [6.07, 6.45) is 2.86. The van der Waals surface area contributed by atoms with Crippen molar-refractivity contribution in [2.75, 3.05) is 25.6 Å². The number of ether oxygens (including phenoxy) is 3. The number of benzene rings is 1. The standard InChI is InChI=1S/C18H21NO5/c1-13(20)19-16-12-15(18(21)22-2)9-8-14(16)6-5-11-24-17-7-3-4-10-23-17/h8-9,12,17H,3-4,7,10-11H2,1-2H3,(H,19,20). The van der Waals surface area contributed by atoms with Crippen LogP contribution in [0, 0.1) is 11.8 Å². The van der Waals surface area contributed by atoms with Crippen molar-refractivity contribution in [2.24, 2.45) is 0 Å². The predicted octanol–water partition coefficient (Wildman–Crippen LogP) is 2.33. The molecule has 1 aliphatic rings. The zero-order chi connectivity index (χ0) is 17.4. The van der Waals surface area contributed by atoms with Gasteiger partial charge < -0.3 is 19.5 Å². The van der Waals surface area contributed by atoms with Gasteiger partial charge in [0.2, 0.25) is 5.91 Å². The summed E-state index contributed by atoms with van der Waals surface area (Å²) in [5.41, 5.74) is 1.41. The lowest BCUT2D eigenvalue weighted by Crippen LogP contribution is -2.22. The first-order valence-corrected chi connectivity index (χ1v) is 7.82. The van der Waals surface area contributed by atoms with Gasteiger partial charge in [-0.2, -0.15) is 0 Å². The third-order valence-corrected chi connectivity index (χ3v) is 3.45. The normalized spacial score (nSPS) is 16.7. The minimum atomic E-state index is -0.473. The van der Waals surface area contributed by atoms with Crippen molar-refractivity contribution in [3.05, 3.63) is 29.3 Å². The zero-order valence-corrected chi connectivity index (χ0v) is 13.9. The van der Waals surface area contributed by atoms with Gasteiger partial charge in [-0.05, 0) is 37.5 Å². The molecule has 1 atom stereocenters. The van der Waals surface area contributed by atoms with Gasteiger partial charge in [-0.15, -0.1) is 0 Å². The second kappa shape index (κ2) is 9.06. The molecule has 1 heterocycles. The van der Waals surface area contributed by atoms with E-state index in [0.717, 1.165) is 25.9 Å². The van der Waals surface area contributed by atoms with Crippen LogP contribution in [0.15, 0.2) is 18.2 Å². The van der Waals surface area contributed by atoms with Crippen molar-refractivity contribution in [1.82, 2.24) is 0 Å². The summed E-state index contributed by atoms with van der Waals surface area (Å²) in [5.74, 6) is 5.13. The molecule has 6 heteroatoms. The summed E-state index contributed by atoms with van der Waals surface area (Å²) in [5, 5.41) is 2.67. The summed E-state index contributed by atoms with van der Waals surface area (Å²) >= 11 is 0. The Hall–Kier alpha value is -2.36. The van der Waals surface area contributed by atoms with Gasteiger partial charge in [0.05, 0.1) is 18.4 Å². The second-order valence-electron chi connectivity index (χ2n) is 5.34. The predicted molar refractivity (Wildman–Crippen MR) is 88.5 cm³/mol. The molecule has 0 aliphatic carbocycles. The number of carbonyl (C=O) groups is 2. The molecule has 0 bridgehead atoms. The van der Waals surface area contributed by atoms with Gasteiger partial charge in [0.25, 0.3) is 0 Å². The van der Waals surface area contributed by atoms with Crippen LogP contribution in [0.4, 0.5) is 5.69 Å². The molecule has 0 spiro atoms. The largest absolute Gasteiger partial charge is 0.465 e. The summed E-state index contributed by atoms with van der Waals surface area (Å²) in [6, 6.07) is 4.82. The Kier molecular flexibility index (Phi) is 6.79. The fourth-order valence-corrected chi connectivity index (χ4v) is 2.30. The Balaban J connectivity index is 2.06. The summed E-state index contributed by atoms with van der Waals surface area (Å²) in [6.45, 7) is 2.36. The van der Waals surface area contributed by atoms with E-state index in [4.69, 9.17) is 9.47 Å². The Morgan fingerprint density at radius 3 is 2.88 bits per heavy atom. The molecule has 2 rings (SSSR count). The van der Waals surface area contributed by atoms with Gasteiger partial charge in [-0.25, -0.2) is 4.79 Å². The number of esters is 1. The van der Waals surface area contributed by atoms with Gasteiger partial charge in [-0.1, -0.05) is 11.8 Å². The van der Waals surface area contributed by atoms with E-state index in [1.54, 1.807) is 18.2 Å². The fourth-order valence-electron chi connectivity index (χ4n) is 2.30. The molecular formula is C18H21NO5. The minimum Gasteiger partial charge on any atom is -0.465 e. The molecule has 1 amide bonds. The summed E-state index contributed by atoms with van der Waals surface area (Å²) < 4.78 is 15.7. The first-order valence-electron chi connectivity index (χ1n) is 7.82. The molecule has 1 saturated heterocycles. The van der Waals surface area contributed by atoms with E-state index in [1.165, 1.54) is 14.0 Å². The van der Waals surface area contributed by atoms with Crippen LogP contribution in [-0.2, 0) is 19.0 Å². The highest BCUT2D eigenvalue weighted by Gasteiger charge is 2.13. The van der Waals surface area contributed by atoms with Crippen LogP contribution in [0.2, 0.25) is 0 Å². The van der Waals surface area contributed by atoms with E-state index < -0.39 is 5.97 Å². The molecule has 1 aliphatic heterocycles. The van der Waals surface area contributed by atoms with Crippen LogP contribution in [0.1, 0.15) is 42.1 Å². The first kappa shape index (κ1) is 18.0. The van der Waals surface area contributed by atoms with E-state index in [1.807, 2.05) is 0 Å². The lowest BCUT2D eigenvalue weighted by Gasteiger charge is -2.21. The van der Waals surface area contributed by atoms with Crippen LogP contribution in [0.5, 0.6) is 0 Å². The molecule has 1 unspecified atom stereocenters. The van der Waals surface area contributed by atoms with Gasteiger partial charge in [0, 0.05) is 19.1 Å². The molecular weight excluding hydrogens is 310 g/mol. The third kappa shape index (κ3) is 5.37. The number of rotatable bonds is 4. The van der Waals surface area contributed by atoms with Crippen molar-refractivity contribution >= 4 is 17.6 Å². The molecule has 1 aromatic carbocycles. The van der Waals surface area contributed by atoms with Crippen LogP contribution in [0.3, 0.4) is 0 Å². The number of anilines is 1. The number of methoxy groups -OCH3 is 1. The zero-order valence-electron chi connectivity index (χ0n) is 13.9. The quantitative estimate of drug-likeness (QED) is 0.677. The lowest BCUT2D eigenvalue weighted by atomic mass is 10.1. The van der Waals surface area contributed by atoms with Crippen molar-refractivity contribution < 1.29 is 23.8 Å². The smallest absolute Gasteiger partial charge is 0.337 e. The first-order chi connectivity index (χ1) is 11.6. The molecule has 128 valence electrons. The monoisotopic (exact) mass is 331 g/mol. The molecule has 0 radical (unpaired) electrons. The van der Waals surface area contributed by atoms with E-state index in [2.05, 4.69) is 21.9 Å². The maximum Gasteiger partial charge on any atom is 0.337 e. The van der Waals surface area contributed by atoms with E-state index in [9.17, 15) is 9.59 Å². The molecule has 6 nitrogen and oxygen atoms in total. The molecule has 1 fully saturated rings. The lowest BCUT2D eigenvalue weighted by molar-refractivity contribution is -0.154. The second-order valence-corrected chi connectivity index (χ2v) is 5.34. The molecule has 1 aromatic rings. The SMILES string of the molecule is COC(=O)c1ccc(C#CCOC2CCCCO2)c(NC(C)=O)c1. The van der Waals surface area contributed by atoms with Gasteiger partial charge in [0.1, 0.15) is 6.61 Å². The van der Waals surface area contributed by atoms with Gasteiger partial charge in [-0.3, -0.25) is 4.79 Å². The Bertz CT molecular complexity index is 653. The Morgan fingerprint density at radius 1 is 1.38 bits per heavy atom. The Morgan fingerprint density at radius 2 is 2.21 bits per heavy atom. The third-order valence-electron chi connectivity index (χ3n) is 3.45. The van der Waals surface area contributed by atoms with Gasteiger partial charge >= 0.3 is 5.97 Å². The van der Waals surface area contributed by atoms with E-state index in [0.29, 0.717) is 16.8 Å². The maximum atomic E-state index is 11.6. The van der Waals surface area contributed by atoms with Crippen molar-refractivity contribution in [3.63, 3.8) is 0 Å². The molecule has 24 heavy (non-hydrogen) atoms. The number of hydrogen-bond acceptors (Lipinski definition) is 5. The number of nitrogens with one attached hydrogen (secondary N) is 1. The Labute approximate surface area is 141 Å². The summed E-state index contributed by atoms with van der Waals surface area (Å²) in [7, 11) is 1.30. The number of carbonyl (C=O) groups excluding carboxylic acids is 2. The number of amides is 1. The van der Waals surface area contributed by atoms with Crippen molar-refractivity contribution in [3.8, 4) is 11.8 Å². The minimum absolute atomic E-state index is 0.190. The molecule has 0 aromatic heterocycles. The topological polar surface area (TPSA) is 73.9 Å². The van der Waals surface area contributed by atoms with Crippen LogP contribution < -0.4 is 5.32 Å². The molecule has 1 N–H and O–H groups in total. The average molecular weight is 331 g/mol. The highest BCUT2D eigenvalue weighted by molar-refractivity contribution is 5.95. The van der Waals surface area contributed by atoms with E-state index in [-0.39, 0.29) is 18.8 Å².